The molecule has 1 aromatic rings. The SMILES string of the molecule is CCN(C(=O)CN1CSCC1=O)[C@@H]1CCN(c2ccccc2)C1=O. The largest absolute Gasteiger partial charge is 0.329 e. The average molecular weight is 347 g/mol. The molecule has 0 bridgehead atoms. The summed E-state index contributed by atoms with van der Waals surface area (Å²) in [5, 5.41) is 0. The Hall–Kier alpha value is -2.02. The third-order valence-electron chi connectivity index (χ3n) is 4.43. The van der Waals surface area contributed by atoms with Crippen molar-refractivity contribution in [3.63, 3.8) is 0 Å². The Morgan fingerprint density at radius 2 is 2.04 bits per heavy atom. The van der Waals surface area contributed by atoms with E-state index in [0.717, 1.165) is 5.69 Å². The van der Waals surface area contributed by atoms with E-state index < -0.39 is 6.04 Å². The summed E-state index contributed by atoms with van der Waals surface area (Å²) in [4.78, 5) is 42.0. The lowest BCUT2D eigenvalue weighted by Crippen LogP contribution is -2.49. The summed E-state index contributed by atoms with van der Waals surface area (Å²) >= 11 is 1.51. The molecule has 0 saturated carbocycles. The first-order chi connectivity index (χ1) is 11.6. The summed E-state index contributed by atoms with van der Waals surface area (Å²) in [7, 11) is 0. The van der Waals surface area contributed by atoms with Gasteiger partial charge in [-0.1, -0.05) is 18.2 Å². The number of rotatable bonds is 5. The molecule has 2 heterocycles. The fraction of sp³-hybridized carbons (Fsp3) is 0.471. The molecule has 3 rings (SSSR count). The van der Waals surface area contributed by atoms with Crippen molar-refractivity contribution < 1.29 is 14.4 Å². The standard InChI is InChI=1S/C17H21N3O3S/c1-2-19(15(21)10-18-12-24-11-16(18)22)14-8-9-20(17(14)23)13-6-4-3-5-7-13/h3-7,14H,2,8-12H2,1H3/t14-/m1/s1. The Bertz CT molecular complexity index is 637. The molecule has 0 spiro atoms. The van der Waals surface area contributed by atoms with Gasteiger partial charge in [0.2, 0.25) is 17.7 Å². The minimum absolute atomic E-state index is 0.00642. The van der Waals surface area contributed by atoms with E-state index in [1.54, 1.807) is 14.7 Å². The van der Waals surface area contributed by atoms with Gasteiger partial charge in [0, 0.05) is 18.8 Å². The molecule has 0 unspecified atom stereocenters. The molecule has 3 amide bonds. The van der Waals surface area contributed by atoms with Crippen molar-refractivity contribution in [3.8, 4) is 0 Å². The quantitative estimate of drug-likeness (QED) is 0.802. The maximum atomic E-state index is 12.8. The number of hydrogen-bond acceptors (Lipinski definition) is 4. The summed E-state index contributed by atoms with van der Waals surface area (Å²) in [6.45, 7) is 3.01. The van der Waals surface area contributed by atoms with E-state index >= 15 is 0 Å². The average Bonchev–Trinajstić information content (AvgIpc) is 3.16. The van der Waals surface area contributed by atoms with Gasteiger partial charge in [0.25, 0.3) is 0 Å². The van der Waals surface area contributed by atoms with E-state index in [1.807, 2.05) is 37.3 Å². The molecule has 2 aliphatic rings. The Labute approximate surface area is 145 Å². The van der Waals surface area contributed by atoms with Gasteiger partial charge in [0.1, 0.15) is 12.6 Å². The predicted octanol–water partition coefficient (Wildman–Crippen LogP) is 1.17. The van der Waals surface area contributed by atoms with Crippen LogP contribution in [0.4, 0.5) is 5.69 Å². The van der Waals surface area contributed by atoms with Crippen LogP contribution in [0.5, 0.6) is 0 Å². The topological polar surface area (TPSA) is 60.9 Å². The van der Waals surface area contributed by atoms with Crippen molar-refractivity contribution in [2.24, 2.45) is 0 Å². The monoisotopic (exact) mass is 347 g/mol. The van der Waals surface area contributed by atoms with Crippen LogP contribution >= 0.6 is 11.8 Å². The first kappa shape index (κ1) is 16.8. The second kappa shape index (κ2) is 7.25. The predicted molar refractivity (Wildman–Crippen MR) is 93.6 cm³/mol. The highest BCUT2D eigenvalue weighted by atomic mass is 32.2. The zero-order valence-corrected chi connectivity index (χ0v) is 14.5. The van der Waals surface area contributed by atoms with E-state index in [4.69, 9.17) is 0 Å². The summed E-state index contributed by atoms with van der Waals surface area (Å²) in [6.07, 6.45) is 0.621. The number of hydrogen-bond donors (Lipinski definition) is 0. The highest BCUT2D eigenvalue weighted by molar-refractivity contribution is 8.00. The summed E-state index contributed by atoms with van der Waals surface area (Å²) < 4.78 is 0. The van der Waals surface area contributed by atoms with Crippen LogP contribution in [0.3, 0.4) is 0 Å². The minimum atomic E-state index is -0.437. The number of anilines is 1. The molecular weight excluding hydrogens is 326 g/mol. The van der Waals surface area contributed by atoms with Gasteiger partial charge in [0.15, 0.2) is 0 Å². The molecule has 24 heavy (non-hydrogen) atoms. The fourth-order valence-corrected chi connectivity index (χ4v) is 4.09. The van der Waals surface area contributed by atoms with Gasteiger partial charge in [-0.3, -0.25) is 14.4 Å². The molecule has 1 aromatic carbocycles. The lowest BCUT2D eigenvalue weighted by Gasteiger charge is -2.28. The maximum absolute atomic E-state index is 12.8. The Morgan fingerprint density at radius 3 is 2.67 bits per heavy atom. The molecule has 7 heteroatoms. The third-order valence-corrected chi connectivity index (χ3v) is 5.38. The Balaban J connectivity index is 1.68. The summed E-state index contributed by atoms with van der Waals surface area (Å²) in [5.74, 6) is 0.786. The molecule has 2 saturated heterocycles. The van der Waals surface area contributed by atoms with Gasteiger partial charge in [-0.2, -0.15) is 0 Å². The highest BCUT2D eigenvalue weighted by Gasteiger charge is 2.38. The minimum Gasteiger partial charge on any atom is -0.329 e. The summed E-state index contributed by atoms with van der Waals surface area (Å²) in [5.41, 5.74) is 0.861. The number of nitrogens with zero attached hydrogens (tertiary/aromatic N) is 3. The number of thioether (sulfide) groups is 1. The van der Waals surface area contributed by atoms with Crippen LogP contribution in [0, 0.1) is 0 Å². The zero-order valence-electron chi connectivity index (χ0n) is 13.7. The Morgan fingerprint density at radius 1 is 1.29 bits per heavy atom. The number of amides is 3. The summed E-state index contributed by atoms with van der Waals surface area (Å²) in [6, 6.07) is 9.07. The maximum Gasteiger partial charge on any atom is 0.249 e. The van der Waals surface area contributed by atoms with Gasteiger partial charge in [-0.05, 0) is 25.5 Å². The van der Waals surface area contributed by atoms with Crippen LogP contribution in [0.1, 0.15) is 13.3 Å². The fourth-order valence-electron chi connectivity index (χ4n) is 3.18. The van der Waals surface area contributed by atoms with E-state index in [1.165, 1.54) is 11.8 Å². The van der Waals surface area contributed by atoms with Crippen molar-refractivity contribution in [3.05, 3.63) is 30.3 Å². The van der Waals surface area contributed by atoms with E-state index in [0.29, 0.717) is 31.1 Å². The lowest BCUT2D eigenvalue weighted by molar-refractivity contribution is -0.141. The van der Waals surface area contributed by atoms with E-state index in [9.17, 15) is 14.4 Å². The van der Waals surface area contributed by atoms with Crippen molar-refractivity contribution in [1.82, 2.24) is 9.80 Å². The molecule has 2 fully saturated rings. The van der Waals surface area contributed by atoms with Crippen LogP contribution in [0.15, 0.2) is 30.3 Å². The molecule has 0 N–H and O–H groups in total. The van der Waals surface area contributed by atoms with Crippen molar-refractivity contribution in [1.29, 1.82) is 0 Å². The first-order valence-corrected chi connectivity index (χ1v) is 9.28. The molecule has 0 aliphatic carbocycles. The second-order valence-corrected chi connectivity index (χ2v) is 6.83. The normalized spacial score (nSPS) is 20.8. The number of benzene rings is 1. The van der Waals surface area contributed by atoms with E-state index in [2.05, 4.69) is 0 Å². The van der Waals surface area contributed by atoms with Crippen LogP contribution in [0.2, 0.25) is 0 Å². The molecule has 1 atom stereocenters. The Kier molecular flexibility index (Phi) is 5.08. The zero-order chi connectivity index (χ0) is 17.1. The second-order valence-electron chi connectivity index (χ2n) is 5.88. The van der Waals surface area contributed by atoms with Crippen molar-refractivity contribution in [2.45, 2.75) is 19.4 Å². The van der Waals surface area contributed by atoms with Gasteiger partial charge >= 0.3 is 0 Å². The van der Waals surface area contributed by atoms with E-state index in [-0.39, 0.29) is 24.3 Å². The van der Waals surface area contributed by atoms with Gasteiger partial charge in [-0.25, -0.2) is 0 Å². The molecular formula is C17H21N3O3S. The molecule has 128 valence electrons. The molecule has 0 radical (unpaired) electrons. The highest BCUT2D eigenvalue weighted by Crippen LogP contribution is 2.24. The van der Waals surface area contributed by atoms with Crippen molar-refractivity contribution >= 4 is 35.2 Å². The lowest BCUT2D eigenvalue weighted by atomic mass is 10.2. The smallest absolute Gasteiger partial charge is 0.249 e. The van der Waals surface area contributed by atoms with Gasteiger partial charge in [0.05, 0.1) is 11.6 Å². The molecule has 2 aliphatic heterocycles. The first-order valence-electron chi connectivity index (χ1n) is 8.13. The third kappa shape index (κ3) is 3.26. The van der Waals surface area contributed by atoms with Gasteiger partial charge in [-0.15, -0.1) is 11.8 Å². The van der Waals surface area contributed by atoms with Gasteiger partial charge < -0.3 is 14.7 Å². The number of carbonyl (C=O) groups excluding carboxylic acids is 3. The van der Waals surface area contributed by atoms with Crippen LogP contribution < -0.4 is 4.90 Å². The molecule has 0 aromatic heterocycles. The van der Waals surface area contributed by atoms with Crippen LogP contribution in [0.25, 0.3) is 0 Å². The number of likely N-dealkylation sites (N-methyl/N-ethyl adjacent to an activating group) is 1. The van der Waals surface area contributed by atoms with Crippen LogP contribution in [-0.4, -0.2) is 64.8 Å². The molecule has 6 nitrogen and oxygen atoms in total. The number of para-hydroxylation sites is 1. The van der Waals surface area contributed by atoms with Crippen molar-refractivity contribution in [2.75, 3.05) is 36.2 Å². The number of carbonyl (C=O) groups is 3. The van der Waals surface area contributed by atoms with Crippen LogP contribution in [-0.2, 0) is 14.4 Å².